The van der Waals surface area contributed by atoms with Gasteiger partial charge in [0.05, 0.1) is 9.93 Å². The molecular weight excluding hydrogens is 390 g/mol. The van der Waals surface area contributed by atoms with Gasteiger partial charge in [-0.2, -0.15) is 0 Å². The first-order valence-electron chi connectivity index (χ1n) is 9.70. The van der Waals surface area contributed by atoms with Gasteiger partial charge in [-0.05, 0) is 54.3 Å². The molecule has 0 radical (unpaired) electrons. The Morgan fingerprint density at radius 1 is 1.25 bits per heavy atom. The molecule has 7 heteroatoms. The SMILES string of the molecule is CCC/C=C1/SC(=O)N(CCC(C)(C)CCSc2cccc3nccn23)C1=O. The van der Waals surface area contributed by atoms with Crippen LogP contribution in [0, 0.1) is 5.41 Å². The molecular formula is C21H27N3O2S2. The number of carbonyl (C=O) groups excluding carboxylic acids is 2. The number of allylic oxidation sites excluding steroid dienone is 1. The van der Waals surface area contributed by atoms with Crippen LogP contribution >= 0.6 is 23.5 Å². The number of amides is 2. The summed E-state index contributed by atoms with van der Waals surface area (Å²) in [5.74, 6) is 0.850. The number of carbonyl (C=O) groups is 2. The third kappa shape index (κ3) is 5.00. The highest BCUT2D eigenvalue weighted by molar-refractivity contribution is 8.18. The summed E-state index contributed by atoms with van der Waals surface area (Å²) in [5, 5.41) is 1.04. The monoisotopic (exact) mass is 417 g/mol. The van der Waals surface area contributed by atoms with E-state index in [0.29, 0.717) is 11.4 Å². The smallest absolute Gasteiger partial charge is 0.293 e. The van der Waals surface area contributed by atoms with Gasteiger partial charge in [0.25, 0.3) is 11.1 Å². The van der Waals surface area contributed by atoms with Crippen molar-refractivity contribution in [1.82, 2.24) is 14.3 Å². The molecule has 1 saturated heterocycles. The zero-order valence-corrected chi connectivity index (χ0v) is 18.3. The fourth-order valence-electron chi connectivity index (χ4n) is 3.02. The number of aromatic nitrogens is 2. The third-order valence-electron chi connectivity index (χ3n) is 4.92. The molecule has 28 heavy (non-hydrogen) atoms. The summed E-state index contributed by atoms with van der Waals surface area (Å²) >= 11 is 2.89. The summed E-state index contributed by atoms with van der Waals surface area (Å²) in [6.45, 7) is 6.96. The second-order valence-corrected chi connectivity index (χ2v) is 9.82. The van der Waals surface area contributed by atoms with Crippen LogP contribution in [-0.2, 0) is 4.79 Å². The van der Waals surface area contributed by atoms with Crippen LogP contribution in [0.2, 0.25) is 0 Å². The van der Waals surface area contributed by atoms with E-state index >= 15 is 0 Å². The molecule has 0 spiro atoms. The van der Waals surface area contributed by atoms with Crippen LogP contribution in [0.5, 0.6) is 0 Å². The first-order valence-corrected chi connectivity index (χ1v) is 11.5. The predicted octanol–water partition coefficient (Wildman–Crippen LogP) is 5.61. The van der Waals surface area contributed by atoms with Crippen molar-refractivity contribution in [2.45, 2.75) is 51.5 Å². The number of nitrogens with zero attached hydrogens (tertiary/aromatic N) is 3. The van der Waals surface area contributed by atoms with Gasteiger partial charge in [0.2, 0.25) is 0 Å². The largest absolute Gasteiger partial charge is 0.294 e. The number of imidazole rings is 1. The van der Waals surface area contributed by atoms with Crippen molar-refractivity contribution >= 4 is 40.3 Å². The highest BCUT2D eigenvalue weighted by Crippen LogP contribution is 2.34. The average molecular weight is 418 g/mol. The van der Waals surface area contributed by atoms with Gasteiger partial charge < -0.3 is 0 Å². The van der Waals surface area contributed by atoms with Crippen LogP contribution in [0.25, 0.3) is 5.65 Å². The summed E-state index contributed by atoms with van der Waals surface area (Å²) < 4.78 is 2.10. The molecule has 0 saturated carbocycles. The molecule has 1 aliphatic rings. The zero-order chi connectivity index (χ0) is 20.1. The quantitative estimate of drug-likeness (QED) is 0.392. The molecule has 2 amide bonds. The van der Waals surface area contributed by atoms with Crippen molar-refractivity contribution in [3.63, 3.8) is 0 Å². The van der Waals surface area contributed by atoms with E-state index < -0.39 is 0 Å². The van der Waals surface area contributed by atoms with Crippen LogP contribution in [0.3, 0.4) is 0 Å². The minimum Gasteiger partial charge on any atom is -0.294 e. The van der Waals surface area contributed by atoms with E-state index in [0.717, 1.165) is 48.8 Å². The molecule has 3 heterocycles. The van der Waals surface area contributed by atoms with Crippen LogP contribution in [0.1, 0.15) is 46.5 Å². The second kappa shape index (κ2) is 9.18. The Labute approximate surface area is 175 Å². The van der Waals surface area contributed by atoms with E-state index in [1.807, 2.05) is 42.4 Å². The molecule has 1 aliphatic heterocycles. The Hall–Kier alpha value is -1.73. The van der Waals surface area contributed by atoms with Gasteiger partial charge in [-0.15, -0.1) is 11.8 Å². The van der Waals surface area contributed by atoms with E-state index in [1.165, 1.54) is 9.93 Å². The van der Waals surface area contributed by atoms with Crippen LogP contribution in [0.4, 0.5) is 4.79 Å². The number of imide groups is 1. The number of pyridine rings is 1. The average Bonchev–Trinajstić information content (AvgIpc) is 3.23. The normalized spacial score (nSPS) is 16.7. The summed E-state index contributed by atoms with van der Waals surface area (Å²) in [6.07, 6.45) is 9.31. The Bertz CT molecular complexity index is 889. The summed E-state index contributed by atoms with van der Waals surface area (Å²) in [5.41, 5.74) is 1.01. The van der Waals surface area contributed by atoms with Gasteiger partial charge in [0.15, 0.2) is 0 Å². The molecule has 2 aromatic rings. The van der Waals surface area contributed by atoms with E-state index in [9.17, 15) is 9.59 Å². The molecule has 1 fully saturated rings. The standard InChI is InChI=1S/C21H27N3O2S2/c1-4-5-7-16-19(25)24(20(26)28-16)13-10-21(2,3)11-15-27-18-9-6-8-17-22-12-14-23(17)18/h6-9,12,14H,4-5,10-11,13,15H2,1-3H3/b16-7+. The molecule has 0 bridgehead atoms. The number of hydrogen-bond acceptors (Lipinski definition) is 5. The highest BCUT2D eigenvalue weighted by Gasteiger charge is 2.35. The Morgan fingerprint density at radius 3 is 2.86 bits per heavy atom. The maximum atomic E-state index is 12.4. The first kappa shape index (κ1) is 21.0. The summed E-state index contributed by atoms with van der Waals surface area (Å²) in [6, 6.07) is 6.14. The van der Waals surface area contributed by atoms with Crippen LogP contribution in [-0.4, -0.2) is 37.7 Å². The van der Waals surface area contributed by atoms with Gasteiger partial charge in [-0.25, -0.2) is 4.98 Å². The van der Waals surface area contributed by atoms with Crippen molar-refractivity contribution in [1.29, 1.82) is 0 Å². The Balaban J connectivity index is 1.51. The number of rotatable bonds is 9. The van der Waals surface area contributed by atoms with Crippen molar-refractivity contribution in [3.8, 4) is 0 Å². The molecule has 0 aliphatic carbocycles. The maximum Gasteiger partial charge on any atom is 0.293 e. The van der Waals surface area contributed by atoms with E-state index in [-0.39, 0.29) is 16.6 Å². The lowest BCUT2D eigenvalue weighted by atomic mass is 9.86. The van der Waals surface area contributed by atoms with Crippen LogP contribution < -0.4 is 0 Å². The molecule has 0 unspecified atom stereocenters. The molecule has 150 valence electrons. The lowest BCUT2D eigenvalue weighted by molar-refractivity contribution is -0.123. The van der Waals surface area contributed by atoms with Gasteiger partial charge in [-0.3, -0.25) is 18.9 Å². The molecule has 2 aromatic heterocycles. The zero-order valence-electron chi connectivity index (χ0n) is 16.7. The number of thioether (sulfide) groups is 2. The second-order valence-electron chi connectivity index (χ2n) is 7.71. The minimum absolute atomic E-state index is 0.0525. The highest BCUT2D eigenvalue weighted by atomic mass is 32.2. The third-order valence-corrected chi connectivity index (χ3v) is 6.92. The van der Waals surface area contributed by atoms with E-state index in [1.54, 1.807) is 0 Å². The van der Waals surface area contributed by atoms with Crippen molar-refractivity contribution in [2.24, 2.45) is 5.41 Å². The summed E-state index contributed by atoms with van der Waals surface area (Å²) in [7, 11) is 0. The fourth-order valence-corrected chi connectivity index (χ4v) is 5.22. The summed E-state index contributed by atoms with van der Waals surface area (Å²) in [4.78, 5) is 31.0. The number of unbranched alkanes of at least 4 members (excludes halogenated alkanes) is 1. The van der Waals surface area contributed by atoms with Gasteiger partial charge in [0, 0.05) is 18.9 Å². The van der Waals surface area contributed by atoms with Gasteiger partial charge >= 0.3 is 0 Å². The lowest BCUT2D eigenvalue weighted by Crippen LogP contribution is -2.32. The minimum atomic E-state index is -0.135. The lowest BCUT2D eigenvalue weighted by Gasteiger charge is -2.26. The van der Waals surface area contributed by atoms with Crippen molar-refractivity contribution < 1.29 is 9.59 Å². The fraction of sp³-hybridized carbons (Fsp3) is 0.476. The number of fused-ring (bicyclic) bond motifs is 1. The first-order chi connectivity index (χ1) is 13.4. The maximum absolute atomic E-state index is 12.4. The predicted molar refractivity (Wildman–Crippen MR) is 117 cm³/mol. The molecule has 0 N–H and O–H groups in total. The topological polar surface area (TPSA) is 54.7 Å². The van der Waals surface area contributed by atoms with E-state index in [4.69, 9.17) is 0 Å². The van der Waals surface area contributed by atoms with Crippen molar-refractivity contribution in [3.05, 3.63) is 41.6 Å². The van der Waals surface area contributed by atoms with Crippen LogP contribution in [0.15, 0.2) is 46.6 Å². The Morgan fingerprint density at radius 2 is 2.07 bits per heavy atom. The van der Waals surface area contributed by atoms with Gasteiger partial charge in [-0.1, -0.05) is 39.3 Å². The molecule has 5 nitrogen and oxygen atoms in total. The van der Waals surface area contributed by atoms with Crippen molar-refractivity contribution in [2.75, 3.05) is 12.3 Å². The Kier molecular flexibility index (Phi) is 6.88. The number of hydrogen-bond donors (Lipinski definition) is 0. The molecule has 3 rings (SSSR count). The van der Waals surface area contributed by atoms with Gasteiger partial charge in [0.1, 0.15) is 5.65 Å². The van der Waals surface area contributed by atoms with E-state index in [2.05, 4.69) is 36.2 Å². The molecule has 0 aromatic carbocycles. The molecule has 0 atom stereocenters.